The number of alkyl carbamates (subject to hydrolysis) is 1. The zero-order valence-electron chi connectivity index (χ0n) is 14.4. The molecule has 0 saturated heterocycles. The van der Waals surface area contributed by atoms with E-state index in [0.29, 0.717) is 13.0 Å². The molecule has 0 unspecified atom stereocenters. The zero-order chi connectivity index (χ0) is 18.1. The van der Waals surface area contributed by atoms with Crippen molar-refractivity contribution in [2.75, 3.05) is 13.2 Å². The van der Waals surface area contributed by atoms with Gasteiger partial charge in [-0.25, -0.2) is 4.79 Å². The predicted molar refractivity (Wildman–Crippen MR) is 96.9 cm³/mol. The van der Waals surface area contributed by atoms with Crippen molar-refractivity contribution in [2.45, 2.75) is 18.8 Å². The van der Waals surface area contributed by atoms with E-state index in [4.69, 9.17) is 9.84 Å². The van der Waals surface area contributed by atoms with Gasteiger partial charge in [0, 0.05) is 12.5 Å². The van der Waals surface area contributed by atoms with E-state index < -0.39 is 12.1 Å². The minimum Gasteiger partial charge on any atom is -0.481 e. The number of hydrogen-bond acceptors (Lipinski definition) is 3. The molecule has 0 radical (unpaired) electrons. The second-order valence-electron chi connectivity index (χ2n) is 6.99. The molecule has 134 valence electrons. The Morgan fingerprint density at radius 2 is 1.62 bits per heavy atom. The van der Waals surface area contributed by atoms with Crippen molar-refractivity contribution in [1.29, 1.82) is 0 Å². The summed E-state index contributed by atoms with van der Waals surface area (Å²) in [4.78, 5) is 23.1. The molecule has 2 aliphatic carbocycles. The highest BCUT2D eigenvalue weighted by Crippen LogP contribution is 2.44. The number of amides is 1. The van der Waals surface area contributed by atoms with Gasteiger partial charge in [0.1, 0.15) is 6.61 Å². The van der Waals surface area contributed by atoms with Gasteiger partial charge in [-0.05, 0) is 41.0 Å². The number of hydrogen-bond donors (Lipinski definition) is 2. The van der Waals surface area contributed by atoms with E-state index in [2.05, 4.69) is 29.6 Å². The fourth-order valence-electron chi connectivity index (χ4n) is 4.00. The molecule has 0 bridgehead atoms. The van der Waals surface area contributed by atoms with Gasteiger partial charge in [-0.2, -0.15) is 0 Å². The number of aliphatic carboxylic acids is 1. The molecule has 1 amide bonds. The number of carbonyl (C=O) groups is 2. The first-order valence-corrected chi connectivity index (χ1v) is 8.97. The molecule has 5 heteroatoms. The fourth-order valence-corrected chi connectivity index (χ4v) is 4.00. The Labute approximate surface area is 152 Å². The lowest BCUT2D eigenvalue weighted by Gasteiger charge is -2.33. The molecule has 26 heavy (non-hydrogen) atoms. The van der Waals surface area contributed by atoms with Crippen molar-refractivity contribution in [3.05, 3.63) is 59.7 Å². The molecule has 1 fully saturated rings. The summed E-state index contributed by atoms with van der Waals surface area (Å²) < 4.78 is 5.46. The predicted octanol–water partition coefficient (Wildman–Crippen LogP) is 3.64. The summed E-state index contributed by atoms with van der Waals surface area (Å²) >= 11 is 0. The molecular weight excluding hydrogens is 330 g/mol. The number of carboxylic acids is 1. The number of nitrogens with one attached hydrogen (secondary N) is 1. The summed E-state index contributed by atoms with van der Waals surface area (Å²) in [7, 11) is 0. The molecule has 0 spiro atoms. The number of ether oxygens (including phenoxy) is 1. The third-order valence-corrected chi connectivity index (χ3v) is 5.59. The lowest BCUT2D eigenvalue weighted by molar-refractivity contribution is -0.147. The highest BCUT2D eigenvalue weighted by Gasteiger charge is 2.36. The first kappa shape index (κ1) is 16.6. The first-order valence-electron chi connectivity index (χ1n) is 8.97. The van der Waals surface area contributed by atoms with Crippen LogP contribution in [0.5, 0.6) is 0 Å². The summed E-state index contributed by atoms with van der Waals surface area (Å²) in [5, 5.41) is 11.8. The number of rotatable bonds is 5. The van der Waals surface area contributed by atoms with E-state index in [0.717, 1.165) is 6.42 Å². The summed E-state index contributed by atoms with van der Waals surface area (Å²) in [5.74, 6) is -1.09. The van der Waals surface area contributed by atoms with Crippen molar-refractivity contribution in [3.8, 4) is 11.1 Å². The van der Waals surface area contributed by atoms with Crippen molar-refractivity contribution in [2.24, 2.45) is 11.8 Å². The van der Waals surface area contributed by atoms with Crippen LogP contribution in [-0.2, 0) is 9.53 Å². The van der Waals surface area contributed by atoms with E-state index in [1.54, 1.807) is 0 Å². The Morgan fingerprint density at radius 3 is 2.15 bits per heavy atom. The molecule has 4 rings (SSSR count). The molecule has 0 heterocycles. The minimum absolute atomic E-state index is 0.00739. The van der Waals surface area contributed by atoms with Crippen molar-refractivity contribution < 1.29 is 19.4 Å². The second kappa shape index (κ2) is 6.83. The van der Waals surface area contributed by atoms with E-state index in [1.165, 1.54) is 22.3 Å². The molecule has 0 aromatic heterocycles. The molecule has 1 saturated carbocycles. The minimum atomic E-state index is -0.782. The van der Waals surface area contributed by atoms with E-state index in [9.17, 15) is 9.59 Å². The largest absolute Gasteiger partial charge is 0.481 e. The van der Waals surface area contributed by atoms with Gasteiger partial charge in [-0.3, -0.25) is 4.79 Å². The van der Waals surface area contributed by atoms with Gasteiger partial charge in [0.05, 0.1) is 5.92 Å². The maximum absolute atomic E-state index is 12.1. The van der Waals surface area contributed by atoms with Crippen LogP contribution in [0, 0.1) is 11.8 Å². The zero-order valence-corrected chi connectivity index (χ0v) is 14.4. The van der Waals surface area contributed by atoms with Crippen LogP contribution in [0.3, 0.4) is 0 Å². The fraction of sp³-hybridized carbons (Fsp3) is 0.333. The van der Waals surface area contributed by atoms with Crippen LogP contribution >= 0.6 is 0 Å². The maximum Gasteiger partial charge on any atom is 0.407 e. The van der Waals surface area contributed by atoms with Crippen LogP contribution < -0.4 is 5.32 Å². The Kier molecular flexibility index (Phi) is 4.37. The Bertz CT molecular complexity index is 802. The molecule has 2 N–H and O–H groups in total. The van der Waals surface area contributed by atoms with Crippen molar-refractivity contribution >= 4 is 12.1 Å². The third kappa shape index (κ3) is 2.94. The van der Waals surface area contributed by atoms with Crippen molar-refractivity contribution in [3.63, 3.8) is 0 Å². The molecule has 2 aromatic carbocycles. The molecule has 2 aliphatic rings. The molecular formula is C21H21NO4. The monoisotopic (exact) mass is 351 g/mol. The maximum atomic E-state index is 12.1. The first-order chi connectivity index (χ1) is 12.6. The summed E-state index contributed by atoms with van der Waals surface area (Å²) in [6.45, 7) is 0.626. The average molecular weight is 351 g/mol. The van der Waals surface area contributed by atoms with Gasteiger partial charge < -0.3 is 15.2 Å². The number of carbonyl (C=O) groups excluding carboxylic acids is 1. The van der Waals surface area contributed by atoms with Gasteiger partial charge >= 0.3 is 12.1 Å². The second-order valence-corrected chi connectivity index (χ2v) is 6.99. The third-order valence-electron chi connectivity index (χ3n) is 5.59. The van der Waals surface area contributed by atoms with Gasteiger partial charge in [-0.15, -0.1) is 0 Å². The standard InChI is InChI=1S/C21H21NO4/c23-20(24)14-10-9-13(14)11-22-21(25)26-12-19-17-7-3-1-5-15(17)16-6-2-4-8-18(16)19/h1-8,13-14,19H,9-12H2,(H,22,25)(H,23,24)/t13-,14+/m0/s1. The molecule has 2 atom stereocenters. The number of benzene rings is 2. The van der Waals surface area contributed by atoms with E-state index >= 15 is 0 Å². The normalized spacial score (nSPS) is 20.6. The van der Waals surface area contributed by atoms with Gasteiger partial charge in [0.25, 0.3) is 0 Å². The summed E-state index contributed by atoms with van der Waals surface area (Å²) in [5.41, 5.74) is 4.73. The van der Waals surface area contributed by atoms with Gasteiger partial charge in [-0.1, -0.05) is 48.5 Å². The topological polar surface area (TPSA) is 75.6 Å². The van der Waals surface area contributed by atoms with Gasteiger partial charge in [0.15, 0.2) is 0 Å². The van der Waals surface area contributed by atoms with Crippen LogP contribution in [0.1, 0.15) is 29.9 Å². The quantitative estimate of drug-likeness (QED) is 0.862. The summed E-state index contributed by atoms with van der Waals surface area (Å²) in [6, 6.07) is 16.4. The van der Waals surface area contributed by atoms with Crippen LogP contribution in [0.15, 0.2) is 48.5 Å². The SMILES string of the molecule is O=C(NC[C@@H]1CC[C@H]1C(=O)O)OCC1c2ccccc2-c2ccccc21. The molecule has 5 nitrogen and oxygen atoms in total. The molecule has 2 aromatic rings. The van der Waals surface area contributed by atoms with Crippen molar-refractivity contribution in [1.82, 2.24) is 5.32 Å². The van der Waals surface area contributed by atoms with Gasteiger partial charge in [0.2, 0.25) is 0 Å². The number of carboxylic acid groups (broad SMARTS) is 1. The van der Waals surface area contributed by atoms with Crippen LogP contribution in [-0.4, -0.2) is 30.3 Å². The molecule has 0 aliphatic heterocycles. The highest BCUT2D eigenvalue weighted by atomic mass is 16.5. The average Bonchev–Trinajstić information content (AvgIpc) is 2.93. The smallest absolute Gasteiger partial charge is 0.407 e. The highest BCUT2D eigenvalue weighted by molar-refractivity contribution is 5.79. The van der Waals surface area contributed by atoms with E-state index in [-0.39, 0.29) is 24.4 Å². The van der Waals surface area contributed by atoms with Crippen LogP contribution in [0.4, 0.5) is 4.79 Å². The van der Waals surface area contributed by atoms with E-state index in [1.807, 2.05) is 24.3 Å². The Balaban J connectivity index is 1.37. The lowest BCUT2D eigenvalue weighted by Crippen LogP contribution is -2.41. The van der Waals surface area contributed by atoms with Crippen LogP contribution in [0.2, 0.25) is 0 Å². The Morgan fingerprint density at radius 1 is 1.00 bits per heavy atom. The summed E-state index contributed by atoms with van der Waals surface area (Å²) in [6.07, 6.45) is 1.04. The van der Waals surface area contributed by atoms with Crippen LogP contribution in [0.25, 0.3) is 11.1 Å². The lowest BCUT2D eigenvalue weighted by atomic mass is 9.74. The number of fused-ring (bicyclic) bond motifs is 3. The Hall–Kier alpha value is -2.82.